The van der Waals surface area contributed by atoms with Crippen molar-refractivity contribution in [1.82, 2.24) is 10.1 Å². The summed E-state index contributed by atoms with van der Waals surface area (Å²) in [5.74, 6) is 1.07. The van der Waals surface area contributed by atoms with Crippen LogP contribution in [-0.4, -0.2) is 22.8 Å². The van der Waals surface area contributed by atoms with E-state index in [2.05, 4.69) is 10.1 Å². The fourth-order valence-corrected chi connectivity index (χ4v) is 1.09. The fourth-order valence-electron chi connectivity index (χ4n) is 1.09. The predicted octanol–water partition coefficient (Wildman–Crippen LogP) is 1.97. The third-order valence-corrected chi connectivity index (χ3v) is 3.62. The van der Waals surface area contributed by atoms with Crippen molar-refractivity contribution in [2.75, 3.05) is 7.11 Å². The Kier molecular flexibility index (Phi) is 3.38. The van der Waals surface area contributed by atoms with Gasteiger partial charge in [-0.25, -0.2) is 0 Å². The van der Waals surface area contributed by atoms with Gasteiger partial charge in [0, 0.05) is 12.6 Å². The average Bonchev–Trinajstić information content (AvgIpc) is 2.65. The Bertz CT molecular complexity index is 389. The minimum atomic E-state index is -0.559. The highest BCUT2D eigenvalue weighted by Gasteiger charge is 2.41. The van der Waals surface area contributed by atoms with Crippen LogP contribution < -0.4 is 5.73 Å². The molecule has 1 aromatic heterocycles. The molecule has 1 heterocycles. The van der Waals surface area contributed by atoms with Gasteiger partial charge in [0.1, 0.15) is 5.60 Å². The van der Waals surface area contributed by atoms with Crippen molar-refractivity contribution < 1.29 is 9.26 Å². The maximum atomic E-state index is 6.14. The number of nitrogens with two attached hydrogens (primary N) is 1. The van der Waals surface area contributed by atoms with Crippen LogP contribution in [0.4, 0.5) is 0 Å². The van der Waals surface area contributed by atoms with E-state index in [0.29, 0.717) is 11.7 Å². The van der Waals surface area contributed by atoms with Crippen molar-refractivity contribution in [1.29, 1.82) is 0 Å². The van der Waals surface area contributed by atoms with Crippen molar-refractivity contribution in [3.63, 3.8) is 0 Å². The van der Waals surface area contributed by atoms with Crippen LogP contribution in [-0.2, 0) is 15.8 Å². The van der Waals surface area contributed by atoms with Gasteiger partial charge in [-0.1, -0.05) is 5.16 Å². The van der Waals surface area contributed by atoms with Gasteiger partial charge in [-0.2, -0.15) is 4.98 Å². The molecule has 0 aliphatic carbocycles. The second-order valence-electron chi connectivity index (χ2n) is 5.98. The highest BCUT2D eigenvalue weighted by molar-refractivity contribution is 5.12. The lowest BCUT2D eigenvalue weighted by atomic mass is 9.75. The highest BCUT2D eigenvalue weighted by atomic mass is 16.5. The zero-order chi connectivity index (χ0) is 13.5. The van der Waals surface area contributed by atoms with E-state index in [1.807, 2.05) is 41.5 Å². The van der Waals surface area contributed by atoms with Crippen LogP contribution in [0.15, 0.2) is 4.52 Å². The van der Waals surface area contributed by atoms with Gasteiger partial charge in [0.05, 0.1) is 5.41 Å². The van der Waals surface area contributed by atoms with Crippen LogP contribution >= 0.6 is 0 Å². The number of ether oxygens (including phenoxy) is 1. The summed E-state index contributed by atoms with van der Waals surface area (Å²) in [5, 5.41) is 3.97. The van der Waals surface area contributed by atoms with Gasteiger partial charge in [-0.05, 0) is 41.5 Å². The quantitative estimate of drug-likeness (QED) is 0.872. The first-order chi connectivity index (χ1) is 7.52. The monoisotopic (exact) mass is 241 g/mol. The topological polar surface area (TPSA) is 74.2 Å². The molecule has 0 saturated carbocycles. The molecule has 17 heavy (non-hydrogen) atoms. The molecule has 1 aromatic rings. The first-order valence-electron chi connectivity index (χ1n) is 5.71. The zero-order valence-electron chi connectivity index (χ0n) is 11.8. The molecule has 0 aliphatic heterocycles. The van der Waals surface area contributed by atoms with E-state index >= 15 is 0 Å². The van der Waals surface area contributed by atoms with Crippen LogP contribution in [0.5, 0.6) is 0 Å². The van der Waals surface area contributed by atoms with Crippen LogP contribution in [0, 0.1) is 0 Å². The van der Waals surface area contributed by atoms with Gasteiger partial charge in [0.15, 0.2) is 0 Å². The molecule has 0 fully saturated rings. The summed E-state index contributed by atoms with van der Waals surface area (Å²) in [6.07, 6.45) is 0. The van der Waals surface area contributed by atoms with E-state index in [-0.39, 0.29) is 0 Å². The first kappa shape index (κ1) is 14.1. The molecule has 5 heteroatoms. The molecule has 1 rings (SSSR count). The van der Waals surface area contributed by atoms with E-state index < -0.39 is 16.6 Å². The molecule has 0 radical (unpaired) electrons. The van der Waals surface area contributed by atoms with Crippen LogP contribution in [0.2, 0.25) is 0 Å². The molecule has 5 nitrogen and oxygen atoms in total. The van der Waals surface area contributed by atoms with Gasteiger partial charge in [-0.3, -0.25) is 0 Å². The minimum Gasteiger partial charge on any atom is -0.371 e. The second-order valence-corrected chi connectivity index (χ2v) is 5.98. The molecule has 0 spiro atoms. The average molecular weight is 241 g/mol. The maximum absolute atomic E-state index is 6.14. The third kappa shape index (κ3) is 2.50. The molecule has 0 bridgehead atoms. The van der Waals surface area contributed by atoms with Gasteiger partial charge in [-0.15, -0.1) is 0 Å². The third-order valence-electron chi connectivity index (χ3n) is 3.62. The summed E-state index contributed by atoms with van der Waals surface area (Å²) in [6.45, 7) is 11.6. The van der Waals surface area contributed by atoms with Crippen LogP contribution in [0.3, 0.4) is 0 Å². The summed E-state index contributed by atoms with van der Waals surface area (Å²) < 4.78 is 10.6. The van der Waals surface area contributed by atoms with Gasteiger partial charge >= 0.3 is 0 Å². The largest absolute Gasteiger partial charge is 0.371 e. The van der Waals surface area contributed by atoms with Crippen molar-refractivity contribution >= 4 is 0 Å². The molecule has 0 amide bonds. The molecular formula is C12H23N3O2. The normalized spacial score (nSPS) is 14.1. The Morgan fingerprint density at radius 2 is 1.65 bits per heavy atom. The molecule has 0 aromatic carbocycles. The Morgan fingerprint density at radius 3 is 2.06 bits per heavy atom. The smallest absolute Gasteiger partial charge is 0.234 e. The molecular weight excluding hydrogens is 218 g/mol. The Hall–Kier alpha value is -0.940. The van der Waals surface area contributed by atoms with Gasteiger partial charge < -0.3 is 15.0 Å². The van der Waals surface area contributed by atoms with E-state index in [0.717, 1.165) is 0 Å². The molecule has 2 N–H and O–H groups in total. The second kappa shape index (κ2) is 4.07. The number of hydrogen-bond donors (Lipinski definition) is 1. The maximum Gasteiger partial charge on any atom is 0.234 e. The number of nitrogens with zero attached hydrogens (tertiary/aromatic N) is 2. The summed E-state index contributed by atoms with van der Waals surface area (Å²) in [4.78, 5) is 4.41. The predicted molar refractivity (Wildman–Crippen MR) is 65.6 cm³/mol. The summed E-state index contributed by atoms with van der Waals surface area (Å²) >= 11 is 0. The highest BCUT2D eigenvalue weighted by Crippen LogP contribution is 2.33. The van der Waals surface area contributed by atoms with Crippen molar-refractivity contribution in [3.8, 4) is 0 Å². The molecule has 0 saturated heterocycles. The Balaban J connectivity index is 3.12. The summed E-state index contributed by atoms with van der Waals surface area (Å²) in [5.41, 5.74) is 4.73. The van der Waals surface area contributed by atoms with Crippen molar-refractivity contribution in [2.24, 2.45) is 5.73 Å². The Labute approximate surface area is 103 Å². The molecule has 0 aliphatic rings. The zero-order valence-corrected chi connectivity index (χ0v) is 11.8. The van der Waals surface area contributed by atoms with E-state index in [4.69, 9.17) is 15.0 Å². The Morgan fingerprint density at radius 1 is 1.12 bits per heavy atom. The summed E-state index contributed by atoms with van der Waals surface area (Å²) in [6, 6.07) is 0. The number of hydrogen-bond acceptors (Lipinski definition) is 5. The first-order valence-corrected chi connectivity index (χ1v) is 5.71. The van der Waals surface area contributed by atoms with E-state index in [1.165, 1.54) is 0 Å². The lowest BCUT2D eigenvalue weighted by Gasteiger charge is -2.34. The van der Waals surface area contributed by atoms with Gasteiger partial charge in [0.25, 0.3) is 0 Å². The van der Waals surface area contributed by atoms with Crippen LogP contribution in [0.25, 0.3) is 0 Å². The van der Waals surface area contributed by atoms with Crippen molar-refractivity contribution in [3.05, 3.63) is 11.7 Å². The molecule has 0 atom stereocenters. The lowest BCUT2D eigenvalue weighted by Crippen LogP contribution is -2.50. The van der Waals surface area contributed by atoms with Gasteiger partial charge in [0.2, 0.25) is 11.7 Å². The number of rotatable bonds is 4. The van der Waals surface area contributed by atoms with Crippen molar-refractivity contribution in [2.45, 2.75) is 58.1 Å². The summed E-state index contributed by atoms with van der Waals surface area (Å²) in [7, 11) is 1.62. The number of methoxy groups -OCH3 is 1. The van der Waals surface area contributed by atoms with E-state index in [9.17, 15) is 0 Å². The number of aromatic nitrogens is 2. The van der Waals surface area contributed by atoms with Crippen LogP contribution in [0.1, 0.15) is 53.3 Å². The van der Waals surface area contributed by atoms with E-state index in [1.54, 1.807) is 7.11 Å². The standard InChI is InChI=1S/C12H23N3O2/c1-10(2,12(5,6)13)9-14-8(15-17-9)11(3,4)16-7/h13H2,1-7H3. The molecule has 0 unspecified atom stereocenters. The fraction of sp³-hybridized carbons (Fsp3) is 0.833. The minimum absolute atomic E-state index is 0.401. The lowest BCUT2D eigenvalue weighted by molar-refractivity contribution is 0.00973. The molecule has 98 valence electrons. The SMILES string of the molecule is COC(C)(C)c1noc(C(C)(C)C(C)(C)N)n1.